The maximum atomic E-state index is 12.8. The molecule has 3 N–H and O–H groups in total. The summed E-state index contributed by atoms with van der Waals surface area (Å²) in [7, 11) is 0. The maximum Gasteiger partial charge on any atom is 0.255 e. The highest BCUT2D eigenvalue weighted by molar-refractivity contribution is 6.04. The molecular formula is C34H30N2O3. The van der Waals surface area contributed by atoms with E-state index in [-0.39, 0.29) is 11.3 Å². The molecule has 0 heterocycles. The van der Waals surface area contributed by atoms with Gasteiger partial charge in [-0.25, -0.2) is 0 Å². The van der Waals surface area contributed by atoms with Crippen LogP contribution in [0.2, 0.25) is 0 Å². The highest BCUT2D eigenvalue weighted by atomic mass is 16.5. The first-order valence-electron chi connectivity index (χ1n) is 12.8. The van der Waals surface area contributed by atoms with Gasteiger partial charge in [0.2, 0.25) is 0 Å². The Morgan fingerprint density at radius 1 is 0.590 bits per heavy atom. The van der Waals surface area contributed by atoms with Gasteiger partial charge in [0, 0.05) is 22.4 Å². The van der Waals surface area contributed by atoms with Crippen LogP contribution in [0, 0.1) is 0 Å². The number of hydrogen-bond donors (Lipinski definition) is 2. The van der Waals surface area contributed by atoms with E-state index in [1.165, 1.54) is 0 Å². The smallest absolute Gasteiger partial charge is 0.255 e. The van der Waals surface area contributed by atoms with Crippen LogP contribution in [0.25, 0.3) is 0 Å². The second-order valence-corrected chi connectivity index (χ2v) is 9.79. The summed E-state index contributed by atoms with van der Waals surface area (Å²) in [5, 5.41) is 2.98. The highest BCUT2D eigenvalue weighted by Crippen LogP contribution is 2.34. The molecule has 0 bridgehead atoms. The number of nitrogen functional groups attached to an aromatic ring is 1. The van der Waals surface area contributed by atoms with Crippen molar-refractivity contribution in [1.82, 2.24) is 0 Å². The van der Waals surface area contributed by atoms with Gasteiger partial charge in [-0.15, -0.1) is 0 Å². The summed E-state index contributed by atoms with van der Waals surface area (Å²) in [6.07, 6.45) is 0. The van der Waals surface area contributed by atoms with Crippen LogP contribution in [-0.4, -0.2) is 5.91 Å². The Morgan fingerprint density at radius 2 is 1.03 bits per heavy atom. The topological polar surface area (TPSA) is 73.6 Å². The number of ether oxygens (including phenoxy) is 2. The first-order valence-corrected chi connectivity index (χ1v) is 12.8. The molecule has 0 aliphatic carbocycles. The van der Waals surface area contributed by atoms with E-state index in [1.54, 1.807) is 24.3 Å². The minimum absolute atomic E-state index is 0.176. The normalized spacial score (nSPS) is 11.0. The van der Waals surface area contributed by atoms with E-state index in [2.05, 4.69) is 31.3 Å². The summed E-state index contributed by atoms with van der Waals surface area (Å²) in [6, 6.07) is 40.0. The highest BCUT2D eigenvalue weighted by Gasteiger charge is 2.23. The molecule has 0 fully saturated rings. The Balaban J connectivity index is 1.21. The molecule has 0 atom stereocenters. The van der Waals surface area contributed by atoms with Crippen molar-refractivity contribution in [2.45, 2.75) is 19.3 Å². The van der Waals surface area contributed by atoms with Crippen molar-refractivity contribution in [3.05, 3.63) is 144 Å². The predicted octanol–water partition coefficient (Wildman–Crippen LogP) is 8.43. The molecule has 0 unspecified atom stereocenters. The van der Waals surface area contributed by atoms with Gasteiger partial charge >= 0.3 is 0 Å². The number of nitrogens with one attached hydrogen (secondary N) is 1. The molecule has 194 valence electrons. The predicted molar refractivity (Wildman–Crippen MR) is 157 cm³/mol. The van der Waals surface area contributed by atoms with Crippen LogP contribution in [0.15, 0.2) is 127 Å². The standard InChI is InChI=1S/C34H30N2O3/c1-34(2,26-12-20-31(21-13-26)39-32-22-14-27(35)15-23-32)25-10-16-28(17-11-25)36-33(37)24-8-18-30(19-9-24)38-29-6-4-3-5-7-29/h3-23H,35H2,1-2H3,(H,36,37). The monoisotopic (exact) mass is 514 g/mol. The maximum absolute atomic E-state index is 12.8. The van der Waals surface area contributed by atoms with Gasteiger partial charge in [-0.05, 0) is 96.1 Å². The number of rotatable bonds is 8. The lowest BCUT2D eigenvalue weighted by atomic mass is 9.78. The molecule has 39 heavy (non-hydrogen) atoms. The molecule has 0 aliphatic heterocycles. The van der Waals surface area contributed by atoms with Crippen molar-refractivity contribution in [3.8, 4) is 23.0 Å². The zero-order valence-corrected chi connectivity index (χ0v) is 21.9. The van der Waals surface area contributed by atoms with Gasteiger partial charge in [-0.1, -0.05) is 56.3 Å². The molecule has 1 amide bonds. The number of para-hydroxylation sites is 1. The first-order chi connectivity index (χ1) is 18.9. The molecule has 0 aliphatic rings. The average Bonchev–Trinajstić information content (AvgIpc) is 2.96. The Kier molecular flexibility index (Phi) is 7.32. The molecule has 5 aromatic carbocycles. The molecule has 5 rings (SSSR count). The van der Waals surface area contributed by atoms with Gasteiger partial charge in [0.05, 0.1) is 0 Å². The van der Waals surface area contributed by atoms with E-state index in [9.17, 15) is 4.79 Å². The van der Waals surface area contributed by atoms with Gasteiger partial charge in [0.15, 0.2) is 0 Å². The number of nitrogens with two attached hydrogens (primary N) is 1. The lowest BCUT2D eigenvalue weighted by Gasteiger charge is -2.26. The number of benzene rings is 5. The molecule has 0 saturated carbocycles. The van der Waals surface area contributed by atoms with Crippen molar-refractivity contribution in [2.24, 2.45) is 0 Å². The molecule has 5 nitrogen and oxygen atoms in total. The average molecular weight is 515 g/mol. The number of anilines is 2. The Labute approximate surface area is 228 Å². The van der Waals surface area contributed by atoms with Crippen molar-refractivity contribution in [1.29, 1.82) is 0 Å². The summed E-state index contributed by atoms with van der Waals surface area (Å²) < 4.78 is 11.7. The summed E-state index contributed by atoms with van der Waals surface area (Å²) >= 11 is 0. The SMILES string of the molecule is CC(C)(c1ccc(NC(=O)c2ccc(Oc3ccccc3)cc2)cc1)c1ccc(Oc2ccc(N)cc2)cc1. The van der Waals surface area contributed by atoms with Gasteiger partial charge in [0.25, 0.3) is 5.91 Å². The van der Waals surface area contributed by atoms with E-state index in [4.69, 9.17) is 15.2 Å². The zero-order chi connectivity index (χ0) is 27.2. The fourth-order valence-electron chi connectivity index (χ4n) is 4.25. The number of carbonyl (C=O) groups is 1. The summed E-state index contributed by atoms with van der Waals surface area (Å²) in [5.41, 5.74) is 9.79. The minimum Gasteiger partial charge on any atom is -0.457 e. The third kappa shape index (κ3) is 6.28. The van der Waals surface area contributed by atoms with E-state index >= 15 is 0 Å². The molecular weight excluding hydrogens is 484 g/mol. The van der Waals surface area contributed by atoms with Crippen molar-refractivity contribution in [2.75, 3.05) is 11.1 Å². The lowest BCUT2D eigenvalue weighted by Crippen LogP contribution is -2.19. The van der Waals surface area contributed by atoms with E-state index in [1.807, 2.05) is 91.0 Å². The first kappa shape index (κ1) is 25.6. The number of hydrogen-bond acceptors (Lipinski definition) is 4. The zero-order valence-electron chi connectivity index (χ0n) is 21.9. The third-order valence-corrected chi connectivity index (χ3v) is 6.65. The van der Waals surface area contributed by atoms with E-state index in [0.29, 0.717) is 17.0 Å². The molecule has 0 saturated heterocycles. The van der Waals surface area contributed by atoms with Gasteiger partial charge in [-0.3, -0.25) is 4.79 Å². The fraction of sp³-hybridized carbons (Fsp3) is 0.0882. The molecule has 5 aromatic rings. The third-order valence-electron chi connectivity index (χ3n) is 6.65. The number of carbonyl (C=O) groups excluding carboxylic acids is 1. The van der Waals surface area contributed by atoms with Crippen molar-refractivity contribution >= 4 is 17.3 Å². The van der Waals surface area contributed by atoms with Crippen LogP contribution in [0.4, 0.5) is 11.4 Å². The molecule has 0 spiro atoms. The molecule has 0 radical (unpaired) electrons. The van der Waals surface area contributed by atoms with Gasteiger partial charge in [0.1, 0.15) is 23.0 Å². The van der Waals surface area contributed by atoms with Crippen molar-refractivity contribution in [3.63, 3.8) is 0 Å². The van der Waals surface area contributed by atoms with Gasteiger partial charge in [-0.2, -0.15) is 0 Å². The Bertz CT molecular complexity index is 1530. The van der Waals surface area contributed by atoms with E-state index < -0.39 is 0 Å². The second kappa shape index (κ2) is 11.2. The van der Waals surface area contributed by atoms with E-state index in [0.717, 1.165) is 34.1 Å². The van der Waals surface area contributed by atoms with Gasteiger partial charge < -0.3 is 20.5 Å². The quantitative estimate of drug-likeness (QED) is 0.204. The Morgan fingerprint density at radius 3 is 1.56 bits per heavy atom. The fourth-order valence-corrected chi connectivity index (χ4v) is 4.25. The minimum atomic E-state index is -0.239. The second-order valence-electron chi connectivity index (χ2n) is 9.79. The van der Waals surface area contributed by atoms with Crippen LogP contribution < -0.4 is 20.5 Å². The van der Waals surface area contributed by atoms with Crippen LogP contribution in [0.3, 0.4) is 0 Å². The number of amides is 1. The molecule has 5 heteroatoms. The van der Waals surface area contributed by atoms with Crippen LogP contribution in [-0.2, 0) is 5.41 Å². The Hall–Kier alpha value is -5.03. The van der Waals surface area contributed by atoms with Crippen LogP contribution >= 0.6 is 0 Å². The summed E-state index contributed by atoms with van der Waals surface area (Å²) in [6.45, 7) is 4.35. The summed E-state index contributed by atoms with van der Waals surface area (Å²) in [5.74, 6) is 2.75. The van der Waals surface area contributed by atoms with Crippen LogP contribution in [0.5, 0.6) is 23.0 Å². The van der Waals surface area contributed by atoms with Crippen LogP contribution in [0.1, 0.15) is 35.3 Å². The largest absolute Gasteiger partial charge is 0.457 e. The molecule has 0 aromatic heterocycles. The van der Waals surface area contributed by atoms with Crippen molar-refractivity contribution < 1.29 is 14.3 Å². The summed E-state index contributed by atoms with van der Waals surface area (Å²) in [4.78, 5) is 12.8. The lowest BCUT2D eigenvalue weighted by molar-refractivity contribution is 0.102.